The van der Waals surface area contributed by atoms with Crippen LogP contribution in [0, 0.1) is 5.82 Å². The number of nitrogen functional groups attached to an aromatic ring is 1. The summed E-state index contributed by atoms with van der Waals surface area (Å²) >= 11 is 17.5. The van der Waals surface area contributed by atoms with Crippen molar-refractivity contribution in [2.75, 3.05) is 11.1 Å². The van der Waals surface area contributed by atoms with Gasteiger partial charge >= 0.3 is 0 Å². The van der Waals surface area contributed by atoms with Gasteiger partial charge in [0, 0.05) is 6.07 Å². The highest BCUT2D eigenvalue weighted by molar-refractivity contribution is 6.39. The van der Waals surface area contributed by atoms with E-state index in [1.54, 1.807) is 0 Å². The van der Waals surface area contributed by atoms with Crippen LogP contribution in [0.1, 0.15) is 0 Å². The molecule has 0 aliphatic carbocycles. The Labute approximate surface area is 117 Å². The van der Waals surface area contributed by atoms with Crippen molar-refractivity contribution in [2.24, 2.45) is 0 Å². The summed E-state index contributed by atoms with van der Waals surface area (Å²) in [4.78, 5) is 7.60. The highest BCUT2D eigenvalue weighted by atomic mass is 35.5. The smallest absolute Gasteiger partial charge is 0.223 e. The number of nitrogens with one attached hydrogen (secondary N) is 1. The maximum atomic E-state index is 13.0. The van der Waals surface area contributed by atoms with Crippen molar-refractivity contribution >= 4 is 52.3 Å². The van der Waals surface area contributed by atoms with Gasteiger partial charge in [-0.25, -0.2) is 9.37 Å². The highest BCUT2D eigenvalue weighted by Crippen LogP contribution is 2.33. The van der Waals surface area contributed by atoms with E-state index in [1.807, 2.05) is 0 Å². The first-order valence-electron chi connectivity index (χ1n) is 4.67. The molecule has 3 N–H and O–H groups in total. The maximum Gasteiger partial charge on any atom is 0.223 e. The minimum Gasteiger partial charge on any atom is -0.368 e. The fraction of sp³-hybridized carbons (Fsp3) is 0. The van der Waals surface area contributed by atoms with Gasteiger partial charge in [0.1, 0.15) is 16.8 Å². The predicted octanol–water partition coefficient (Wildman–Crippen LogP) is 3.90. The summed E-state index contributed by atoms with van der Waals surface area (Å²) in [5.74, 6) is -0.224. The molecule has 0 saturated heterocycles. The molecule has 0 fully saturated rings. The van der Waals surface area contributed by atoms with Crippen molar-refractivity contribution in [3.8, 4) is 0 Å². The Morgan fingerprint density at radius 1 is 1.06 bits per heavy atom. The van der Waals surface area contributed by atoms with E-state index in [4.69, 9.17) is 40.5 Å². The largest absolute Gasteiger partial charge is 0.368 e. The van der Waals surface area contributed by atoms with Gasteiger partial charge in [0.05, 0.1) is 15.7 Å². The molecular weight excluding hydrogens is 301 g/mol. The maximum absolute atomic E-state index is 13.0. The molecular formula is C10H6Cl3FN4. The molecule has 0 aliphatic heterocycles. The second-order valence-corrected chi connectivity index (χ2v) is 4.51. The van der Waals surface area contributed by atoms with Crippen LogP contribution < -0.4 is 11.1 Å². The summed E-state index contributed by atoms with van der Waals surface area (Å²) in [6, 6.07) is 3.69. The average molecular weight is 308 g/mol. The fourth-order valence-electron chi connectivity index (χ4n) is 1.29. The van der Waals surface area contributed by atoms with Crippen LogP contribution in [0.2, 0.25) is 15.2 Å². The molecule has 18 heavy (non-hydrogen) atoms. The summed E-state index contributed by atoms with van der Waals surface area (Å²) in [6.07, 6.45) is 0. The van der Waals surface area contributed by atoms with Crippen molar-refractivity contribution in [2.45, 2.75) is 0 Å². The number of hydrogen-bond donors (Lipinski definition) is 2. The van der Waals surface area contributed by atoms with Gasteiger partial charge in [-0.2, -0.15) is 4.98 Å². The number of anilines is 3. The van der Waals surface area contributed by atoms with Gasteiger partial charge in [-0.15, -0.1) is 0 Å². The third-order valence-electron chi connectivity index (χ3n) is 1.97. The Kier molecular flexibility index (Phi) is 3.75. The molecule has 4 nitrogen and oxygen atoms in total. The number of nitrogens with two attached hydrogens (primary N) is 1. The number of aromatic nitrogens is 2. The van der Waals surface area contributed by atoms with Crippen molar-refractivity contribution < 1.29 is 4.39 Å². The van der Waals surface area contributed by atoms with Gasteiger partial charge in [0.25, 0.3) is 0 Å². The molecule has 0 spiro atoms. The minimum atomic E-state index is -0.532. The quantitative estimate of drug-likeness (QED) is 0.826. The van der Waals surface area contributed by atoms with E-state index in [0.29, 0.717) is 11.5 Å². The lowest BCUT2D eigenvalue weighted by molar-refractivity contribution is 0.628. The summed E-state index contributed by atoms with van der Waals surface area (Å²) in [6.45, 7) is 0. The van der Waals surface area contributed by atoms with E-state index < -0.39 is 5.82 Å². The minimum absolute atomic E-state index is 0.000596. The van der Waals surface area contributed by atoms with Crippen molar-refractivity contribution in [1.29, 1.82) is 0 Å². The third kappa shape index (κ3) is 2.93. The first kappa shape index (κ1) is 13.1. The zero-order valence-corrected chi connectivity index (χ0v) is 11.0. The molecule has 1 heterocycles. The fourth-order valence-corrected chi connectivity index (χ4v) is 2.03. The Morgan fingerprint density at radius 2 is 1.67 bits per heavy atom. The lowest BCUT2D eigenvalue weighted by Crippen LogP contribution is -2.01. The summed E-state index contributed by atoms with van der Waals surface area (Å²) < 4.78 is 13.0. The van der Waals surface area contributed by atoms with Crippen LogP contribution in [-0.4, -0.2) is 9.97 Å². The lowest BCUT2D eigenvalue weighted by Gasteiger charge is -2.10. The van der Waals surface area contributed by atoms with Crippen LogP contribution in [0.4, 0.5) is 21.8 Å². The van der Waals surface area contributed by atoms with Crippen molar-refractivity contribution in [1.82, 2.24) is 9.97 Å². The molecule has 0 aliphatic rings. The van der Waals surface area contributed by atoms with Crippen LogP contribution in [-0.2, 0) is 0 Å². The van der Waals surface area contributed by atoms with E-state index in [0.717, 1.165) is 12.1 Å². The molecule has 0 amide bonds. The summed E-state index contributed by atoms with van der Waals surface area (Å²) in [5, 5.41) is 3.21. The number of rotatable bonds is 2. The van der Waals surface area contributed by atoms with Gasteiger partial charge < -0.3 is 11.1 Å². The van der Waals surface area contributed by atoms with E-state index in [1.165, 1.54) is 6.07 Å². The molecule has 0 atom stereocenters. The SMILES string of the molecule is Nc1nc(Cl)cc(Nc2c(Cl)cc(F)cc2Cl)n1. The van der Waals surface area contributed by atoms with Gasteiger partial charge in [-0.3, -0.25) is 0 Å². The molecule has 1 aromatic carbocycles. The van der Waals surface area contributed by atoms with E-state index in [9.17, 15) is 4.39 Å². The van der Waals surface area contributed by atoms with Gasteiger partial charge in [0.15, 0.2) is 0 Å². The number of hydrogen-bond acceptors (Lipinski definition) is 4. The first-order chi connectivity index (χ1) is 8.45. The van der Waals surface area contributed by atoms with E-state index in [2.05, 4.69) is 15.3 Å². The molecule has 1 aromatic heterocycles. The van der Waals surface area contributed by atoms with Crippen LogP contribution >= 0.6 is 34.8 Å². The van der Waals surface area contributed by atoms with Crippen molar-refractivity contribution in [3.63, 3.8) is 0 Å². The second kappa shape index (κ2) is 5.14. The Morgan fingerprint density at radius 3 is 2.22 bits per heavy atom. The zero-order valence-electron chi connectivity index (χ0n) is 8.72. The highest BCUT2D eigenvalue weighted by Gasteiger charge is 2.10. The number of halogens is 4. The molecule has 0 bridgehead atoms. The predicted molar refractivity (Wildman–Crippen MR) is 71.2 cm³/mol. The summed E-state index contributed by atoms with van der Waals surface area (Å²) in [5.41, 5.74) is 5.75. The van der Waals surface area contributed by atoms with E-state index >= 15 is 0 Å². The van der Waals surface area contributed by atoms with Gasteiger partial charge in [-0.05, 0) is 12.1 Å². The van der Waals surface area contributed by atoms with Crippen LogP contribution in [0.3, 0.4) is 0 Å². The topological polar surface area (TPSA) is 63.8 Å². The normalized spacial score (nSPS) is 10.4. The Balaban J connectivity index is 2.40. The molecule has 2 rings (SSSR count). The van der Waals surface area contributed by atoms with Crippen LogP contribution in [0.25, 0.3) is 0 Å². The first-order valence-corrected chi connectivity index (χ1v) is 5.80. The number of nitrogens with zero attached hydrogens (tertiary/aromatic N) is 2. The standard InChI is InChI=1S/C10H6Cl3FN4/c11-5-1-4(14)2-6(12)9(5)17-8-3-7(13)16-10(15)18-8/h1-3H,(H3,15,16,17,18). The Bertz CT molecular complexity index is 562. The molecule has 0 saturated carbocycles. The molecule has 0 unspecified atom stereocenters. The lowest BCUT2D eigenvalue weighted by atomic mass is 10.3. The molecule has 2 aromatic rings. The monoisotopic (exact) mass is 306 g/mol. The van der Waals surface area contributed by atoms with Gasteiger partial charge in [0.2, 0.25) is 5.95 Å². The van der Waals surface area contributed by atoms with Crippen LogP contribution in [0.5, 0.6) is 0 Å². The number of benzene rings is 1. The Hall–Kier alpha value is -1.30. The van der Waals surface area contributed by atoms with Gasteiger partial charge in [-0.1, -0.05) is 34.8 Å². The second-order valence-electron chi connectivity index (χ2n) is 3.30. The van der Waals surface area contributed by atoms with E-state index in [-0.39, 0.29) is 21.1 Å². The average Bonchev–Trinajstić information content (AvgIpc) is 2.22. The van der Waals surface area contributed by atoms with Crippen LogP contribution in [0.15, 0.2) is 18.2 Å². The molecule has 0 radical (unpaired) electrons. The molecule has 8 heteroatoms. The third-order valence-corrected chi connectivity index (χ3v) is 2.76. The summed E-state index contributed by atoms with van der Waals surface area (Å²) in [7, 11) is 0. The van der Waals surface area contributed by atoms with Crippen molar-refractivity contribution in [3.05, 3.63) is 39.2 Å². The molecule has 94 valence electrons. The zero-order chi connectivity index (χ0) is 13.3.